The van der Waals surface area contributed by atoms with Crippen LogP contribution in [-0.2, 0) is 9.59 Å². The maximum absolute atomic E-state index is 11.7. The third-order valence-electron chi connectivity index (χ3n) is 4.06. The van der Waals surface area contributed by atoms with E-state index in [2.05, 4.69) is 5.32 Å². The van der Waals surface area contributed by atoms with E-state index in [9.17, 15) is 14.7 Å². The highest BCUT2D eigenvalue weighted by molar-refractivity contribution is 7.98. The number of fused-ring (bicyclic) bond motifs is 2. The first kappa shape index (κ1) is 12.7. The van der Waals surface area contributed by atoms with Gasteiger partial charge < -0.3 is 10.4 Å². The highest BCUT2D eigenvalue weighted by Crippen LogP contribution is 2.48. The van der Waals surface area contributed by atoms with Gasteiger partial charge in [0.25, 0.3) is 0 Å². The smallest absolute Gasteiger partial charge is 0.308 e. The number of carbonyl (C=O) groups excluding carboxylic acids is 1. The van der Waals surface area contributed by atoms with Crippen molar-refractivity contribution in [2.45, 2.75) is 31.7 Å². The number of rotatable bonds is 5. The second-order valence-electron chi connectivity index (χ2n) is 5.03. The summed E-state index contributed by atoms with van der Waals surface area (Å²) in [4.78, 5) is 22.9. The molecule has 2 N–H and O–H groups in total. The van der Waals surface area contributed by atoms with Crippen molar-refractivity contribution in [1.82, 2.24) is 5.32 Å². The molecule has 2 aliphatic carbocycles. The molecule has 2 bridgehead atoms. The van der Waals surface area contributed by atoms with Gasteiger partial charge in [-0.1, -0.05) is 0 Å². The molecule has 5 heteroatoms. The molecule has 4 unspecified atom stereocenters. The van der Waals surface area contributed by atoms with Gasteiger partial charge in [0.2, 0.25) is 5.91 Å². The van der Waals surface area contributed by atoms with Crippen LogP contribution >= 0.6 is 11.8 Å². The van der Waals surface area contributed by atoms with E-state index >= 15 is 0 Å². The van der Waals surface area contributed by atoms with Crippen LogP contribution in [0.5, 0.6) is 0 Å². The van der Waals surface area contributed by atoms with Crippen LogP contribution in [0.2, 0.25) is 0 Å². The summed E-state index contributed by atoms with van der Waals surface area (Å²) >= 11 is 1.63. The van der Waals surface area contributed by atoms with Crippen LogP contribution in [0.25, 0.3) is 0 Å². The average molecular weight is 257 g/mol. The van der Waals surface area contributed by atoms with Crippen molar-refractivity contribution >= 4 is 23.6 Å². The Labute approximate surface area is 106 Å². The minimum atomic E-state index is -0.743. The van der Waals surface area contributed by atoms with Crippen LogP contribution in [-0.4, -0.2) is 35.0 Å². The van der Waals surface area contributed by atoms with E-state index < -0.39 is 5.97 Å². The van der Waals surface area contributed by atoms with E-state index in [1.165, 1.54) is 0 Å². The first-order valence-electron chi connectivity index (χ1n) is 6.14. The van der Waals surface area contributed by atoms with Crippen molar-refractivity contribution in [3.63, 3.8) is 0 Å². The highest BCUT2D eigenvalue weighted by Gasteiger charge is 2.51. The van der Waals surface area contributed by atoms with Gasteiger partial charge in [-0.25, -0.2) is 0 Å². The van der Waals surface area contributed by atoms with Crippen molar-refractivity contribution in [2.24, 2.45) is 17.8 Å². The molecular formula is C12H19NO3S. The van der Waals surface area contributed by atoms with Crippen molar-refractivity contribution in [1.29, 1.82) is 0 Å². The maximum atomic E-state index is 11.7. The number of thioether (sulfide) groups is 1. The fourth-order valence-corrected chi connectivity index (χ4v) is 3.70. The lowest BCUT2D eigenvalue weighted by molar-refractivity contribution is -0.144. The van der Waals surface area contributed by atoms with Crippen LogP contribution < -0.4 is 5.32 Å². The van der Waals surface area contributed by atoms with Gasteiger partial charge in [0.05, 0.1) is 5.92 Å². The quantitative estimate of drug-likeness (QED) is 0.780. The SMILES string of the molecule is CSCCC(=O)NC1C2CCC(C2)C1C(=O)O. The summed E-state index contributed by atoms with van der Waals surface area (Å²) in [5, 5.41) is 12.2. The highest BCUT2D eigenvalue weighted by atomic mass is 32.2. The lowest BCUT2D eigenvalue weighted by Gasteiger charge is -2.28. The Kier molecular flexibility index (Phi) is 3.97. The molecule has 1 amide bonds. The van der Waals surface area contributed by atoms with Gasteiger partial charge in [0, 0.05) is 18.2 Å². The normalized spacial score (nSPS) is 34.9. The summed E-state index contributed by atoms with van der Waals surface area (Å²) in [6, 6.07) is -0.124. The summed E-state index contributed by atoms with van der Waals surface area (Å²) in [6.07, 6.45) is 5.51. The largest absolute Gasteiger partial charge is 0.481 e. The molecule has 2 aliphatic rings. The minimum Gasteiger partial charge on any atom is -0.481 e. The molecule has 4 atom stereocenters. The lowest BCUT2D eigenvalue weighted by atomic mass is 9.84. The molecule has 0 aromatic heterocycles. The Bertz CT molecular complexity index is 321. The monoisotopic (exact) mass is 257 g/mol. The molecule has 0 spiro atoms. The summed E-state index contributed by atoms with van der Waals surface area (Å²) < 4.78 is 0. The molecule has 0 heterocycles. The Morgan fingerprint density at radius 1 is 1.35 bits per heavy atom. The van der Waals surface area contributed by atoms with Crippen LogP contribution in [0.3, 0.4) is 0 Å². The number of nitrogens with one attached hydrogen (secondary N) is 1. The van der Waals surface area contributed by atoms with Gasteiger partial charge in [-0.15, -0.1) is 0 Å². The van der Waals surface area contributed by atoms with Crippen LogP contribution in [0.1, 0.15) is 25.7 Å². The number of carboxylic acids is 1. The maximum Gasteiger partial charge on any atom is 0.308 e. The molecular weight excluding hydrogens is 238 g/mol. The molecule has 0 aromatic rings. The van der Waals surface area contributed by atoms with Gasteiger partial charge in [0.15, 0.2) is 0 Å². The number of carbonyl (C=O) groups is 2. The topological polar surface area (TPSA) is 66.4 Å². The zero-order valence-corrected chi connectivity index (χ0v) is 10.8. The number of carboxylic acid groups (broad SMARTS) is 1. The molecule has 0 aliphatic heterocycles. The summed E-state index contributed by atoms with van der Waals surface area (Å²) in [5.41, 5.74) is 0. The lowest BCUT2D eigenvalue weighted by Crippen LogP contribution is -2.46. The molecule has 4 nitrogen and oxygen atoms in total. The van der Waals surface area contributed by atoms with Gasteiger partial charge in [-0.2, -0.15) is 11.8 Å². The predicted octanol–water partition coefficient (Wildman–Crippen LogP) is 1.35. The summed E-state index contributed by atoms with van der Waals surface area (Å²) in [5.74, 6) is 0.370. The minimum absolute atomic E-state index is 0.00292. The fraction of sp³-hybridized carbons (Fsp3) is 0.833. The predicted molar refractivity (Wildman–Crippen MR) is 66.9 cm³/mol. The Morgan fingerprint density at radius 2 is 2.06 bits per heavy atom. The molecule has 0 aromatic carbocycles. The van der Waals surface area contributed by atoms with Gasteiger partial charge in [-0.05, 0) is 37.4 Å². The molecule has 0 saturated heterocycles. The van der Waals surface area contributed by atoms with Gasteiger partial charge >= 0.3 is 5.97 Å². The molecule has 2 saturated carbocycles. The van der Waals surface area contributed by atoms with Crippen LogP contribution in [0.4, 0.5) is 0 Å². The third-order valence-corrected chi connectivity index (χ3v) is 4.67. The van der Waals surface area contributed by atoms with Crippen molar-refractivity contribution in [3.05, 3.63) is 0 Å². The zero-order valence-electron chi connectivity index (χ0n) is 10.0. The molecule has 96 valence electrons. The Morgan fingerprint density at radius 3 is 2.71 bits per heavy atom. The second-order valence-corrected chi connectivity index (χ2v) is 6.02. The van der Waals surface area contributed by atoms with Crippen molar-refractivity contribution in [3.8, 4) is 0 Å². The number of hydrogen-bond acceptors (Lipinski definition) is 3. The first-order valence-corrected chi connectivity index (χ1v) is 7.54. The average Bonchev–Trinajstić information content (AvgIpc) is 2.86. The molecule has 2 fully saturated rings. The first-order chi connectivity index (χ1) is 8.13. The second kappa shape index (κ2) is 5.29. The molecule has 0 radical (unpaired) electrons. The standard InChI is InChI=1S/C12H19NO3S/c1-17-5-4-9(14)13-11-8-3-2-7(6-8)10(11)12(15)16/h7-8,10-11H,2-6H2,1H3,(H,13,14)(H,15,16). The summed E-state index contributed by atoms with van der Waals surface area (Å²) in [6.45, 7) is 0. The van der Waals surface area contributed by atoms with E-state index in [0.717, 1.165) is 25.0 Å². The number of aliphatic carboxylic acids is 1. The number of hydrogen-bond donors (Lipinski definition) is 2. The molecule has 17 heavy (non-hydrogen) atoms. The zero-order chi connectivity index (χ0) is 12.4. The van der Waals surface area contributed by atoms with Crippen molar-refractivity contribution in [2.75, 3.05) is 12.0 Å². The molecule has 2 rings (SSSR count). The fourth-order valence-electron chi connectivity index (χ4n) is 3.31. The Balaban J connectivity index is 1.94. The van der Waals surface area contributed by atoms with E-state index in [4.69, 9.17) is 0 Å². The third kappa shape index (κ3) is 2.59. The van der Waals surface area contributed by atoms with E-state index in [1.807, 2.05) is 6.26 Å². The van der Waals surface area contributed by atoms with E-state index in [-0.39, 0.29) is 23.8 Å². The van der Waals surface area contributed by atoms with Crippen LogP contribution in [0.15, 0.2) is 0 Å². The van der Waals surface area contributed by atoms with Crippen molar-refractivity contribution < 1.29 is 14.7 Å². The van der Waals surface area contributed by atoms with E-state index in [1.54, 1.807) is 11.8 Å². The Hall–Kier alpha value is -0.710. The summed E-state index contributed by atoms with van der Waals surface area (Å²) in [7, 11) is 0. The van der Waals surface area contributed by atoms with Gasteiger partial charge in [0.1, 0.15) is 0 Å². The van der Waals surface area contributed by atoms with E-state index in [0.29, 0.717) is 12.3 Å². The van der Waals surface area contributed by atoms with Crippen LogP contribution in [0, 0.1) is 17.8 Å². The number of amides is 1. The van der Waals surface area contributed by atoms with Gasteiger partial charge in [-0.3, -0.25) is 9.59 Å².